The van der Waals surface area contributed by atoms with Crippen molar-refractivity contribution in [3.63, 3.8) is 0 Å². The lowest BCUT2D eigenvalue weighted by atomic mass is 10.1. The fourth-order valence-corrected chi connectivity index (χ4v) is 2.42. The van der Waals surface area contributed by atoms with Gasteiger partial charge in [0.2, 0.25) is 5.82 Å². The molecule has 2 aromatic carbocycles. The standard InChI is InChI=1S/C16H13BrN2O2/c1-9-6-7-11(8-13(9)17)15-18-16(21-19-15)12-4-3-5-14(20)10(12)2/h3-8,20H,1-2H3. The number of nitrogens with zero attached hydrogens (tertiary/aromatic N) is 2. The Hall–Kier alpha value is -2.14. The first kappa shape index (κ1) is 13.8. The van der Waals surface area contributed by atoms with Gasteiger partial charge >= 0.3 is 0 Å². The summed E-state index contributed by atoms with van der Waals surface area (Å²) in [6, 6.07) is 11.1. The van der Waals surface area contributed by atoms with E-state index in [1.807, 2.05) is 38.1 Å². The molecule has 0 atom stereocenters. The molecule has 0 saturated heterocycles. The monoisotopic (exact) mass is 344 g/mol. The fraction of sp³-hybridized carbons (Fsp3) is 0.125. The average molecular weight is 345 g/mol. The summed E-state index contributed by atoms with van der Waals surface area (Å²) in [7, 11) is 0. The SMILES string of the molecule is Cc1ccc(-c2noc(-c3cccc(O)c3C)n2)cc1Br. The van der Waals surface area contributed by atoms with E-state index >= 15 is 0 Å². The van der Waals surface area contributed by atoms with Gasteiger partial charge in [0.05, 0.1) is 0 Å². The fourth-order valence-electron chi connectivity index (χ4n) is 2.04. The molecular formula is C16H13BrN2O2. The Bertz CT molecular complexity index is 812. The molecule has 106 valence electrons. The van der Waals surface area contributed by atoms with Gasteiger partial charge in [0.1, 0.15) is 5.75 Å². The lowest BCUT2D eigenvalue weighted by molar-refractivity contribution is 0.431. The van der Waals surface area contributed by atoms with Gasteiger partial charge < -0.3 is 9.63 Å². The Morgan fingerprint density at radius 1 is 1.14 bits per heavy atom. The van der Waals surface area contributed by atoms with Crippen molar-refractivity contribution >= 4 is 15.9 Å². The van der Waals surface area contributed by atoms with Gasteiger partial charge in [-0.05, 0) is 37.6 Å². The first-order valence-electron chi connectivity index (χ1n) is 6.45. The van der Waals surface area contributed by atoms with Crippen molar-refractivity contribution in [3.05, 3.63) is 52.0 Å². The molecule has 1 N–H and O–H groups in total. The Labute approximate surface area is 130 Å². The molecule has 1 aromatic heterocycles. The van der Waals surface area contributed by atoms with Crippen LogP contribution >= 0.6 is 15.9 Å². The van der Waals surface area contributed by atoms with Crippen LogP contribution in [-0.4, -0.2) is 15.2 Å². The smallest absolute Gasteiger partial charge is 0.258 e. The summed E-state index contributed by atoms with van der Waals surface area (Å²) in [5.74, 6) is 1.13. The zero-order chi connectivity index (χ0) is 15.0. The molecule has 3 rings (SSSR count). The molecule has 0 aliphatic heterocycles. The number of benzene rings is 2. The van der Waals surface area contributed by atoms with Gasteiger partial charge in [0.15, 0.2) is 0 Å². The van der Waals surface area contributed by atoms with E-state index in [0.29, 0.717) is 11.7 Å². The van der Waals surface area contributed by atoms with Crippen LogP contribution in [0.3, 0.4) is 0 Å². The maximum absolute atomic E-state index is 9.76. The van der Waals surface area contributed by atoms with E-state index in [4.69, 9.17) is 4.52 Å². The first-order chi connectivity index (χ1) is 10.1. The van der Waals surface area contributed by atoms with Crippen molar-refractivity contribution in [3.8, 4) is 28.6 Å². The molecule has 0 aliphatic carbocycles. The molecule has 0 aliphatic rings. The van der Waals surface area contributed by atoms with Crippen molar-refractivity contribution in [2.45, 2.75) is 13.8 Å². The molecule has 3 aromatic rings. The third kappa shape index (κ3) is 2.56. The van der Waals surface area contributed by atoms with E-state index in [0.717, 1.165) is 26.7 Å². The predicted molar refractivity (Wildman–Crippen MR) is 84.0 cm³/mol. The van der Waals surface area contributed by atoms with Crippen LogP contribution in [0.2, 0.25) is 0 Å². The Morgan fingerprint density at radius 3 is 2.71 bits per heavy atom. The minimum atomic E-state index is 0.213. The van der Waals surface area contributed by atoms with E-state index in [9.17, 15) is 5.11 Å². The second-order valence-corrected chi connectivity index (χ2v) is 5.69. The van der Waals surface area contributed by atoms with Gasteiger partial charge in [-0.15, -0.1) is 0 Å². The van der Waals surface area contributed by atoms with Crippen molar-refractivity contribution in [1.29, 1.82) is 0 Å². The number of aromatic nitrogens is 2. The molecular weight excluding hydrogens is 332 g/mol. The zero-order valence-corrected chi connectivity index (χ0v) is 13.2. The van der Waals surface area contributed by atoms with Crippen molar-refractivity contribution in [2.24, 2.45) is 0 Å². The molecule has 0 fully saturated rings. The van der Waals surface area contributed by atoms with Crippen LogP contribution in [0.15, 0.2) is 45.4 Å². The quantitative estimate of drug-likeness (QED) is 0.744. The van der Waals surface area contributed by atoms with Crippen LogP contribution in [0, 0.1) is 13.8 Å². The summed E-state index contributed by atoms with van der Waals surface area (Å²) in [5, 5.41) is 13.8. The van der Waals surface area contributed by atoms with Gasteiger partial charge in [-0.25, -0.2) is 0 Å². The molecule has 0 amide bonds. The van der Waals surface area contributed by atoms with Crippen LogP contribution in [0.4, 0.5) is 0 Å². The number of hydrogen-bond acceptors (Lipinski definition) is 4. The molecule has 0 radical (unpaired) electrons. The zero-order valence-electron chi connectivity index (χ0n) is 11.6. The second-order valence-electron chi connectivity index (χ2n) is 4.84. The lowest BCUT2D eigenvalue weighted by Crippen LogP contribution is -1.85. The average Bonchev–Trinajstić information content (AvgIpc) is 2.94. The highest BCUT2D eigenvalue weighted by molar-refractivity contribution is 9.10. The normalized spacial score (nSPS) is 10.8. The Morgan fingerprint density at radius 2 is 1.95 bits per heavy atom. The third-order valence-corrected chi connectivity index (χ3v) is 4.25. The van der Waals surface area contributed by atoms with E-state index in [-0.39, 0.29) is 5.75 Å². The number of rotatable bonds is 2. The summed E-state index contributed by atoms with van der Waals surface area (Å²) in [4.78, 5) is 4.41. The Balaban J connectivity index is 2.03. The number of halogens is 1. The van der Waals surface area contributed by atoms with E-state index in [1.165, 1.54) is 0 Å². The minimum Gasteiger partial charge on any atom is -0.508 e. The molecule has 0 unspecified atom stereocenters. The van der Waals surface area contributed by atoms with Crippen molar-refractivity contribution in [2.75, 3.05) is 0 Å². The molecule has 4 nitrogen and oxygen atoms in total. The van der Waals surface area contributed by atoms with E-state index in [2.05, 4.69) is 26.1 Å². The lowest BCUT2D eigenvalue weighted by Gasteiger charge is -2.02. The molecule has 21 heavy (non-hydrogen) atoms. The highest BCUT2D eigenvalue weighted by atomic mass is 79.9. The van der Waals surface area contributed by atoms with Crippen LogP contribution in [0.25, 0.3) is 22.8 Å². The number of phenols is 1. The summed E-state index contributed by atoms with van der Waals surface area (Å²) in [5.41, 5.74) is 3.48. The maximum atomic E-state index is 9.76. The van der Waals surface area contributed by atoms with Crippen LogP contribution in [0.1, 0.15) is 11.1 Å². The number of phenolic OH excluding ortho intramolecular Hbond substituents is 1. The summed E-state index contributed by atoms with van der Waals surface area (Å²) < 4.78 is 6.32. The summed E-state index contributed by atoms with van der Waals surface area (Å²) >= 11 is 3.50. The van der Waals surface area contributed by atoms with Crippen LogP contribution in [-0.2, 0) is 0 Å². The molecule has 5 heteroatoms. The van der Waals surface area contributed by atoms with Gasteiger partial charge in [-0.1, -0.05) is 39.3 Å². The summed E-state index contributed by atoms with van der Waals surface area (Å²) in [6.45, 7) is 3.84. The van der Waals surface area contributed by atoms with E-state index < -0.39 is 0 Å². The van der Waals surface area contributed by atoms with Gasteiger partial charge in [-0.2, -0.15) is 4.98 Å². The first-order valence-corrected chi connectivity index (χ1v) is 7.25. The summed E-state index contributed by atoms with van der Waals surface area (Å²) in [6.07, 6.45) is 0. The minimum absolute atomic E-state index is 0.213. The number of hydrogen-bond donors (Lipinski definition) is 1. The highest BCUT2D eigenvalue weighted by Crippen LogP contribution is 2.30. The van der Waals surface area contributed by atoms with Crippen molar-refractivity contribution in [1.82, 2.24) is 10.1 Å². The van der Waals surface area contributed by atoms with Gasteiger partial charge in [0.25, 0.3) is 5.89 Å². The molecule has 0 spiro atoms. The molecule has 1 heterocycles. The largest absolute Gasteiger partial charge is 0.508 e. The van der Waals surface area contributed by atoms with Gasteiger partial charge in [0, 0.05) is 21.2 Å². The molecule has 0 saturated carbocycles. The van der Waals surface area contributed by atoms with E-state index in [1.54, 1.807) is 12.1 Å². The predicted octanol–water partition coefficient (Wildman–Crippen LogP) is 4.49. The maximum Gasteiger partial charge on any atom is 0.258 e. The third-order valence-electron chi connectivity index (χ3n) is 3.39. The number of aromatic hydroxyl groups is 1. The van der Waals surface area contributed by atoms with Crippen molar-refractivity contribution < 1.29 is 9.63 Å². The Kier molecular flexibility index (Phi) is 3.51. The number of aryl methyl sites for hydroxylation is 1. The topological polar surface area (TPSA) is 59.2 Å². The highest BCUT2D eigenvalue weighted by Gasteiger charge is 2.14. The molecule has 0 bridgehead atoms. The van der Waals surface area contributed by atoms with Crippen LogP contribution < -0.4 is 0 Å². The van der Waals surface area contributed by atoms with Gasteiger partial charge in [-0.3, -0.25) is 0 Å². The second kappa shape index (κ2) is 5.33. The van der Waals surface area contributed by atoms with Crippen LogP contribution in [0.5, 0.6) is 5.75 Å².